The summed E-state index contributed by atoms with van der Waals surface area (Å²) < 4.78 is 19.8. The van der Waals surface area contributed by atoms with Gasteiger partial charge in [0, 0.05) is 144 Å². The molecule has 0 unspecified atom stereocenters. The van der Waals surface area contributed by atoms with E-state index in [1.807, 2.05) is 57.0 Å². The molecule has 5 aliphatic rings. The minimum atomic E-state index is -0.781. The van der Waals surface area contributed by atoms with Crippen LogP contribution in [0, 0.1) is 18.7 Å². The summed E-state index contributed by atoms with van der Waals surface area (Å²) in [4.78, 5) is 80.6. The number of aromatic nitrogens is 3. The first-order valence-corrected chi connectivity index (χ1v) is 25.2. The molecule has 3 fully saturated rings. The highest BCUT2D eigenvalue weighted by molar-refractivity contribution is 6.13. The van der Waals surface area contributed by atoms with Crippen LogP contribution in [-0.4, -0.2) is 129 Å². The second-order valence-electron chi connectivity index (χ2n) is 20.9. The highest BCUT2D eigenvalue weighted by Crippen LogP contribution is 2.44. The van der Waals surface area contributed by atoms with E-state index in [9.17, 15) is 24.0 Å². The van der Waals surface area contributed by atoms with Gasteiger partial charge in [-0.3, -0.25) is 53.5 Å². The van der Waals surface area contributed by atoms with Crippen molar-refractivity contribution in [2.45, 2.75) is 90.4 Å². The van der Waals surface area contributed by atoms with E-state index in [-0.39, 0.29) is 35.5 Å². The number of aryl methyl sites for hydroxylation is 2. The van der Waals surface area contributed by atoms with E-state index in [2.05, 4.69) is 66.1 Å². The van der Waals surface area contributed by atoms with Gasteiger partial charge in [-0.1, -0.05) is 18.2 Å². The minimum Gasteiger partial charge on any atom is -0.388 e. The predicted octanol–water partition coefficient (Wildman–Crippen LogP) is 5.99. The zero-order chi connectivity index (χ0) is 49.9. The molecule has 0 aliphatic carbocycles. The molecule has 0 radical (unpaired) electrons. The third kappa shape index (κ3) is 9.21. The molecule has 2 N–H and O–H groups in total. The van der Waals surface area contributed by atoms with E-state index >= 15 is 4.39 Å². The van der Waals surface area contributed by atoms with Gasteiger partial charge in [-0.2, -0.15) is 0 Å². The van der Waals surface area contributed by atoms with Crippen LogP contribution in [-0.2, 0) is 39.9 Å². The lowest BCUT2D eigenvalue weighted by Gasteiger charge is -2.42. The molecule has 0 spiro atoms. The summed E-state index contributed by atoms with van der Waals surface area (Å²) in [5.41, 5.74) is 8.02. The first-order chi connectivity index (χ1) is 34.1. The summed E-state index contributed by atoms with van der Waals surface area (Å²) >= 11 is 0. The Hall–Kier alpha value is -6.49. The monoisotopic (exact) mass is 965 g/mol. The number of halogens is 1. The maximum atomic E-state index is 16.1. The molecule has 8 heterocycles. The van der Waals surface area contributed by atoms with Gasteiger partial charge in [-0.05, 0) is 118 Å². The zero-order valence-electron chi connectivity index (χ0n) is 41.8. The molecule has 0 bridgehead atoms. The van der Waals surface area contributed by atoms with Crippen LogP contribution in [0.4, 0.5) is 15.8 Å². The van der Waals surface area contributed by atoms with E-state index in [0.717, 1.165) is 108 Å². The van der Waals surface area contributed by atoms with Crippen LogP contribution in [0.1, 0.15) is 91.2 Å². The Morgan fingerprint density at radius 3 is 2.41 bits per heavy atom. The van der Waals surface area contributed by atoms with E-state index in [0.29, 0.717) is 62.1 Å². The highest BCUT2D eigenvalue weighted by Gasteiger charge is 2.49. The molecular formula is C55H65FN10O5. The third-order valence-electron chi connectivity index (χ3n) is 15.9. The standard InChI is InChI=1S/C55H65FN10O5/c1-34-25-39(27-44(56)50(34)38-14-18-61(19-15-38)33-41-29-42-45(11-17-58-51(42)60(41)6)65-22-16-40(57-5)28-49(65)68)53(70)63-20-12-36(13-21-63)32-64-24-23-62(30-35(64)2)31-37-7-8-46-43(26-37)55(3,4)54(71)66(46)47-9-10-48(67)59-52(47)69/h7-8,11,14,16-17,22,25-29,35-36,47,57H,9-10,12-13,15,18-21,23-24,30-33H2,1-6H3,(H,59,67,69)/t35-,47+/m0/s1. The molecule has 15 nitrogen and oxygen atoms in total. The second kappa shape index (κ2) is 19.3. The van der Waals surface area contributed by atoms with Crippen LogP contribution in [0.15, 0.2) is 77.9 Å². The topological polar surface area (TPSA) is 148 Å². The van der Waals surface area contributed by atoms with Gasteiger partial charge < -0.3 is 14.8 Å². The van der Waals surface area contributed by atoms with E-state index < -0.39 is 17.4 Å². The van der Waals surface area contributed by atoms with Gasteiger partial charge in [0.2, 0.25) is 17.7 Å². The molecule has 5 aromatic rings. The number of benzene rings is 2. The summed E-state index contributed by atoms with van der Waals surface area (Å²) in [6.45, 7) is 15.9. The molecule has 2 aromatic carbocycles. The zero-order valence-corrected chi connectivity index (χ0v) is 41.8. The minimum absolute atomic E-state index is 0.113. The fraction of sp³-hybridized carbons (Fsp3) is 0.455. The fourth-order valence-electron chi connectivity index (χ4n) is 11.8. The number of carbonyl (C=O) groups excluding carboxylic acids is 4. The average molecular weight is 965 g/mol. The number of amides is 4. The molecule has 5 aliphatic heterocycles. The number of nitrogens with one attached hydrogen (secondary N) is 2. The van der Waals surface area contributed by atoms with E-state index in [1.165, 1.54) is 6.07 Å². The van der Waals surface area contributed by atoms with Gasteiger partial charge in [0.1, 0.15) is 17.5 Å². The Morgan fingerprint density at radius 1 is 0.901 bits per heavy atom. The average Bonchev–Trinajstić information content (AvgIpc) is 3.77. The van der Waals surface area contributed by atoms with Crippen LogP contribution in [0.25, 0.3) is 22.3 Å². The second-order valence-corrected chi connectivity index (χ2v) is 20.9. The Morgan fingerprint density at radius 2 is 1.70 bits per heavy atom. The number of carbonyl (C=O) groups is 4. The molecule has 71 heavy (non-hydrogen) atoms. The van der Waals surface area contributed by atoms with Crippen molar-refractivity contribution >= 4 is 51.6 Å². The summed E-state index contributed by atoms with van der Waals surface area (Å²) in [5.74, 6) is -0.826. The Balaban J connectivity index is 0.708. The van der Waals surface area contributed by atoms with Crippen molar-refractivity contribution < 1.29 is 23.6 Å². The lowest BCUT2D eigenvalue weighted by Crippen LogP contribution is -2.55. The van der Waals surface area contributed by atoms with Crippen molar-refractivity contribution in [2.75, 3.05) is 69.6 Å². The van der Waals surface area contributed by atoms with Gasteiger partial charge in [-0.15, -0.1) is 0 Å². The van der Waals surface area contributed by atoms with Crippen LogP contribution < -0.4 is 21.1 Å². The number of likely N-dealkylation sites (tertiary alicyclic amines) is 1. The number of anilines is 2. The van der Waals surface area contributed by atoms with Crippen molar-refractivity contribution in [3.05, 3.63) is 123 Å². The van der Waals surface area contributed by atoms with E-state index in [1.54, 1.807) is 35.0 Å². The summed E-state index contributed by atoms with van der Waals surface area (Å²) in [7, 11) is 3.78. The number of piperazine rings is 1. The van der Waals surface area contributed by atoms with Gasteiger partial charge in [-0.25, -0.2) is 9.37 Å². The molecule has 3 aromatic heterocycles. The van der Waals surface area contributed by atoms with Crippen LogP contribution >= 0.6 is 0 Å². The van der Waals surface area contributed by atoms with Crippen LogP contribution in [0.2, 0.25) is 0 Å². The number of rotatable bonds is 11. The van der Waals surface area contributed by atoms with Gasteiger partial charge >= 0.3 is 0 Å². The van der Waals surface area contributed by atoms with E-state index in [4.69, 9.17) is 0 Å². The number of hydrogen-bond donors (Lipinski definition) is 2. The lowest BCUT2D eigenvalue weighted by molar-refractivity contribution is -0.136. The summed E-state index contributed by atoms with van der Waals surface area (Å²) in [5, 5.41) is 6.32. The normalized spacial score (nSPS) is 21.5. The third-order valence-corrected chi connectivity index (χ3v) is 15.9. The first kappa shape index (κ1) is 48.2. The van der Waals surface area contributed by atoms with Crippen LogP contribution in [0.3, 0.4) is 0 Å². The summed E-state index contributed by atoms with van der Waals surface area (Å²) in [6, 6.07) is 16.5. The molecule has 4 amide bonds. The first-order valence-electron chi connectivity index (χ1n) is 25.2. The van der Waals surface area contributed by atoms with Crippen molar-refractivity contribution in [2.24, 2.45) is 13.0 Å². The van der Waals surface area contributed by atoms with Gasteiger partial charge in [0.15, 0.2) is 0 Å². The highest BCUT2D eigenvalue weighted by atomic mass is 19.1. The smallest absolute Gasteiger partial charge is 0.257 e. The molecule has 16 heteroatoms. The van der Waals surface area contributed by atoms with Crippen molar-refractivity contribution in [1.82, 2.24) is 39.0 Å². The number of imide groups is 1. The molecule has 10 rings (SSSR count). The number of hydrogen-bond acceptors (Lipinski definition) is 10. The van der Waals surface area contributed by atoms with Crippen molar-refractivity contribution in [1.29, 1.82) is 0 Å². The molecule has 3 saturated heterocycles. The lowest BCUT2D eigenvalue weighted by atomic mass is 9.85. The quantitative estimate of drug-likeness (QED) is 0.151. The Labute approximate surface area is 414 Å². The molecule has 2 atom stereocenters. The SMILES string of the molecule is CNc1ccn(-c2ccnc3c2cc(CN2CC=C(c4c(C)cc(C(=O)N5CCC(CN6CCN(Cc7ccc8c(c7)C(C)(C)C(=O)N8[C@@H]7CCC(=O)NC7=O)C[C@@H]6C)CC5)cc4F)CC2)n3C)c(=O)c1. The predicted molar refractivity (Wildman–Crippen MR) is 273 cm³/mol. The Kier molecular flexibility index (Phi) is 13.1. The number of piperidine rings is 2. The summed E-state index contributed by atoms with van der Waals surface area (Å²) in [6.07, 6.45) is 8.64. The van der Waals surface area contributed by atoms with Gasteiger partial charge in [0.05, 0.1) is 11.1 Å². The number of fused-ring (bicyclic) bond motifs is 2. The maximum absolute atomic E-state index is 16.1. The Bertz CT molecular complexity index is 3020. The van der Waals surface area contributed by atoms with Crippen LogP contribution in [0.5, 0.6) is 0 Å². The van der Waals surface area contributed by atoms with Crippen molar-refractivity contribution in [3.63, 3.8) is 0 Å². The number of nitrogens with zero attached hydrogens (tertiary/aromatic N) is 8. The fourth-order valence-corrected chi connectivity index (χ4v) is 11.8. The van der Waals surface area contributed by atoms with Gasteiger partial charge in [0.25, 0.3) is 11.5 Å². The molecular weight excluding hydrogens is 900 g/mol. The van der Waals surface area contributed by atoms with Crippen molar-refractivity contribution in [3.8, 4) is 5.69 Å². The maximum Gasteiger partial charge on any atom is 0.257 e. The largest absolute Gasteiger partial charge is 0.388 e. The molecule has 0 saturated carbocycles. The number of pyridine rings is 2. The molecule has 372 valence electrons.